The maximum atomic E-state index is 11.8. The largest absolute Gasteiger partial charge is 0.327 e. The lowest BCUT2D eigenvalue weighted by Gasteiger charge is -2.15. The predicted octanol–water partition coefficient (Wildman–Crippen LogP) is 1.47. The summed E-state index contributed by atoms with van der Waals surface area (Å²) in [6.45, 7) is 2.03. The Morgan fingerprint density at radius 1 is 1.36 bits per heavy atom. The van der Waals surface area contributed by atoms with E-state index in [1.807, 2.05) is 6.92 Å². The molecular formula is C10H21NO2S. The molecule has 0 aromatic heterocycles. The van der Waals surface area contributed by atoms with E-state index in [9.17, 15) is 8.42 Å². The van der Waals surface area contributed by atoms with Crippen molar-refractivity contribution in [3.05, 3.63) is 0 Å². The Balaban J connectivity index is 2.48. The fourth-order valence-electron chi connectivity index (χ4n) is 2.14. The monoisotopic (exact) mass is 219 g/mol. The van der Waals surface area contributed by atoms with Crippen molar-refractivity contribution in [1.29, 1.82) is 0 Å². The molecule has 0 amide bonds. The molecule has 0 aromatic rings. The summed E-state index contributed by atoms with van der Waals surface area (Å²) < 4.78 is 23.7. The zero-order chi connectivity index (χ0) is 10.6. The van der Waals surface area contributed by atoms with Gasteiger partial charge in [-0.1, -0.05) is 26.2 Å². The molecule has 0 bridgehead atoms. The molecule has 2 N–H and O–H groups in total. The van der Waals surface area contributed by atoms with Gasteiger partial charge in [0.1, 0.15) is 0 Å². The van der Waals surface area contributed by atoms with Gasteiger partial charge >= 0.3 is 0 Å². The lowest BCUT2D eigenvalue weighted by Crippen LogP contribution is -2.33. The minimum absolute atomic E-state index is 0.0922. The average molecular weight is 219 g/mol. The van der Waals surface area contributed by atoms with Gasteiger partial charge in [-0.15, -0.1) is 0 Å². The van der Waals surface area contributed by atoms with Crippen LogP contribution in [0.3, 0.4) is 0 Å². The van der Waals surface area contributed by atoms with Crippen molar-refractivity contribution in [3.8, 4) is 0 Å². The van der Waals surface area contributed by atoms with E-state index in [2.05, 4.69) is 0 Å². The Morgan fingerprint density at radius 2 is 1.93 bits per heavy atom. The summed E-state index contributed by atoms with van der Waals surface area (Å²) >= 11 is 0. The molecule has 1 saturated carbocycles. The van der Waals surface area contributed by atoms with Crippen LogP contribution in [0.25, 0.3) is 0 Å². The molecule has 0 heterocycles. The highest BCUT2D eigenvalue weighted by atomic mass is 32.2. The second-order valence-corrected chi connectivity index (χ2v) is 6.61. The first kappa shape index (κ1) is 12.0. The van der Waals surface area contributed by atoms with Crippen molar-refractivity contribution < 1.29 is 8.42 Å². The third-order valence-electron chi connectivity index (χ3n) is 2.92. The van der Waals surface area contributed by atoms with Crippen LogP contribution in [0.15, 0.2) is 0 Å². The highest BCUT2D eigenvalue weighted by Crippen LogP contribution is 2.25. The lowest BCUT2D eigenvalue weighted by atomic mass is 10.2. The lowest BCUT2D eigenvalue weighted by molar-refractivity contribution is 0.562. The highest BCUT2D eigenvalue weighted by Gasteiger charge is 2.29. The van der Waals surface area contributed by atoms with Crippen LogP contribution in [0, 0.1) is 0 Å². The first-order valence-electron chi connectivity index (χ1n) is 5.53. The van der Waals surface area contributed by atoms with Crippen molar-refractivity contribution in [2.24, 2.45) is 5.73 Å². The summed E-state index contributed by atoms with van der Waals surface area (Å²) in [5.74, 6) is 0.186. The van der Waals surface area contributed by atoms with Gasteiger partial charge < -0.3 is 5.73 Å². The Hall–Kier alpha value is -0.0900. The zero-order valence-electron chi connectivity index (χ0n) is 8.91. The second kappa shape index (κ2) is 5.12. The Labute approximate surface area is 87.0 Å². The Bertz CT molecular complexity index is 255. The van der Waals surface area contributed by atoms with Crippen molar-refractivity contribution in [2.75, 3.05) is 5.75 Å². The summed E-state index contributed by atoms with van der Waals surface area (Å²) in [6, 6.07) is -0.161. The van der Waals surface area contributed by atoms with Gasteiger partial charge in [0, 0.05) is 6.04 Å². The molecule has 0 radical (unpaired) electrons. The van der Waals surface area contributed by atoms with E-state index in [-0.39, 0.29) is 17.0 Å². The minimum Gasteiger partial charge on any atom is -0.327 e. The van der Waals surface area contributed by atoms with E-state index in [1.165, 1.54) is 0 Å². The number of sulfone groups is 1. The average Bonchev–Trinajstić information content (AvgIpc) is 2.54. The van der Waals surface area contributed by atoms with Crippen LogP contribution in [0.4, 0.5) is 0 Å². The first-order chi connectivity index (χ1) is 6.56. The van der Waals surface area contributed by atoms with Gasteiger partial charge in [-0.2, -0.15) is 0 Å². The van der Waals surface area contributed by atoms with Gasteiger partial charge in [-0.3, -0.25) is 0 Å². The number of hydrogen-bond acceptors (Lipinski definition) is 3. The SMILES string of the molecule is CCCC(N)CS(=O)(=O)C1CCCC1. The van der Waals surface area contributed by atoms with Crippen molar-refractivity contribution >= 4 is 9.84 Å². The van der Waals surface area contributed by atoms with E-state index in [0.717, 1.165) is 38.5 Å². The van der Waals surface area contributed by atoms with Crippen LogP contribution in [0.1, 0.15) is 45.4 Å². The first-order valence-corrected chi connectivity index (χ1v) is 7.25. The Kier molecular flexibility index (Phi) is 4.38. The van der Waals surface area contributed by atoms with E-state index >= 15 is 0 Å². The molecule has 1 unspecified atom stereocenters. The van der Waals surface area contributed by atoms with E-state index < -0.39 is 9.84 Å². The summed E-state index contributed by atoms with van der Waals surface area (Å²) in [6.07, 6.45) is 5.59. The molecule has 1 atom stereocenters. The highest BCUT2D eigenvalue weighted by molar-refractivity contribution is 7.92. The number of hydrogen-bond donors (Lipinski definition) is 1. The van der Waals surface area contributed by atoms with E-state index in [0.29, 0.717) is 0 Å². The molecule has 0 aliphatic heterocycles. The van der Waals surface area contributed by atoms with Gasteiger partial charge in [0.15, 0.2) is 9.84 Å². The molecule has 3 nitrogen and oxygen atoms in total. The van der Waals surface area contributed by atoms with Crippen molar-refractivity contribution in [3.63, 3.8) is 0 Å². The van der Waals surface area contributed by atoms with Crippen LogP contribution in [0.2, 0.25) is 0 Å². The van der Waals surface area contributed by atoms with Crippen LogP contribution in [-0.4, -0.2) is 25.5 Å². The van der Waals surface area contributed by atoms with Crippen molar-refractivity contribution in [1.82, 2.24) is 0 Å². The molecule has 14 heavy (non-hydrogen) atoms. The summed E-state index contributed by atoms with van der Waals surface area (Å²) in [4.78, 5) is 0. The molecule has 1 aliphatic carbocycles. The molecule has 1 aliphatic rings. The molecule has 0 spiro atoms. The maximum Gasteiger partial charge on any atom is 0.154 e. The Morgan fingerprint density at radius 3 is 2.43 bits per heavy atom. The topological polar surface area (TPSA) is 60.2 Å². The van der Waals surface area contributed by atoms with Crippen LogP contribution < -0.4 is 5.73 Å². The predicted molar refractivity (Wildman–Crippen MR) is 58.9 cm³/mol. The van der Waals surface area contributed by atoms with Gasteiger partial charge in [0.25, 0.3) is 0 Å². The number of rotatable bonds is 5. The minimum atomic E-state index is -2.91. The van der Waals surface area contributed by atoms with Gasteiger partial charge in [-0.25, -0.2) is 8.42 Å². The molecular weight excluding hydrogens is 198 g/mol. The summed E-state index contributed by atoms with van der Waals surface area (Å²) in [5, 5.41) is -0.0922. The molecule has 4 heteroatoms. The third kappa shape index (κ3) is 3.24. The molecule has 1 rings (SSSR count). The van der Waals surface area contributed by atoms with Crippen LogP contribution in [-0.2, 0) is 9.84 Å². The normalized spacial score (nSPS) is 21.3. The molecule has 0 saturated heterocycles. The van der Waals surface area contributed by atoms with Gasteiger partial charge in [0.05, 0.1) is 11.0 Å². The smallest absolute Gasteiger partial charge is 0.154 e. The van der Waals surface area contributed by atoms with Gasteiger partial charge in [0.2, 0.25) is 0 Å². The fourth-order valence-corrected chi connectivity index (χ4v) is 4.22. The molecule has 0 aromatic carbocycles. The van der Waals surface area contributed by atoms with Crippen molar-refractivity contribution in [2.45, 2.75) is 56.7 Å². The standard InChI is InChI=1S/C10H21NO2S/c1-2-5-9(11)8-14(12,13)10-6-3-4-7-10/h9-10H,2-8,11H2,1H3. The fraction of sp³-hybridized carbons (Fsp3) is 1.00. The van der Waals surface area contributed by atoms with Crippen LogP contribution >= 0.6 is 0 Å². The summed E-state index contributed by atoms with van der Waals surface area (Å²) in [7, 11) is -2.91. The third-order valence-corrected chi connectivity index (χ3v) is 5.30. The quantitative estimate of drug-likeness (QED) is 0.761. The second-order valence-electron chi connectivity index (χ2n) is 4.28. The maximum absolute atomic E-state index is 11.8. The molecule has 1 fully saturated rings. The summed E-state index contributed by atoms with van der Waals surface area (Å²) in [5.41, 5.74) is 5.76. The van der Waals surface area contributed by atoms with E-state index in [4.69, 9.17) is 5.73 Å². The molecule has 84 valence electrons. The number of nitrogens with two attached hydrogens (primary N) is 1. The van der Waals surface area contributed by atoms with Gasteiger partial charge in [-0.05, 0) is 19.3 Å². The van der Waals surface area contributed by atoms with E-state index in [1.54, 1.807) is 0 Å². The van der Waals surface area contributed by atoms with Crippen LogP contribution in [0.5, 0.6) is 0 Å². The zero-order valence-corrected chi connectivity index (χ0v) is 9.72.